The van der Waals surface area contributed by atoms with Crippen LogP contribution in [0, 0.1) is 32.1 Å². The molecule has 1 aromatic carbocycles. The van der Waals surface area contributed by atoms with E-state index < -0.39 is 0 Å². The lowest BCUT2D eigenvalue weighted by atomic mass is 10.0. The van der Waals surface area contributed by atoms with Crippen molar-refractivity contribution < 1.29 is 4.79 Å². The number of aromatic nitrogens is 1. The number of rotatable bonds is 7. The third kappa shape index (κ3) is 4.70. The van der Waals surface area contributed by atoms with Gasteiger partial charge < -0.3 is 0 Å². The highest BCUT2D eigenvalue weighted by molar-refractivity contribution is 8.00. The normalized spacial score (nSPS) is 10.5. The summed E-state index contributed by atoms with van der Waals surface area (Å²) in [6, 6.07) is 10.1. The van der Waals surface area contributed by atoms with E-state index in [2.05, 4.69) is 18.0 Å². The van der Waals surface area contributed by atoms with E-state index in [9.17, 15) is 10.1 Å². The van der Waals surface area contributed by atoms with Gasteiger partial charge in [0.05, 0.1) is 11.3 Å². The first-order valence-electron chi connectivity index (χ1n) is 8.60. The fourth-order valence-corrected chi connectivity index (χ4v) is 3.58. The van der Waals surface area contributed by atoms with E-state index in [-0.39, 0.29) is 11.5 Å². The minimum atomic E-state index is 0.0635. The van der Waals surface area contributed by atoms with Gasteiger partial charge in [-0.05, 0) is 50.3 Å². The number of hydrogen-bond acceptors (Lipinski definition) is 4. The van der Waals surface area contributed by atoms with Gasteiger partial charge in [0.15, 0.2) is 5.78 Å². The fraction of sp³-hybridized carbons (Fsp3) is 0.381. The number of aryl methyl sites for hydroxylation is 2. The number of pyridine rings is 1. The number of carbonyl (C=O) groups excluding carboxylic acids is 1. The van der Waals surface area contributed by atoms with Crippen molar-refractivity contribution in [3.8, 4) is 6.07 Å². The zero-order valence-corrected chi connectivity index (χ0v) is 16.2. The first-order valence-corrected chi connectivity index (χ1v) is 9.59. The molecule has 2 aromatic rings. The number of Topliss-reactive ketones (excluding diaryl/α,β-unsaturated/α-hetero) is 1. The van der Waals surface area contributed by atoms with Gasteiger partial charge in [-0.2, -0.15) is 5.26 Å². The van der Waals surface area contributed by atoms with Gasteiger partial charge in [0.1, 0.15) is 11.1 Å². The second-order valence-electron chi connectivity index (χ2n) is 6.25. The molecule has 0 amide bonds. The maximum Gasteiger partial charge on any atom is 0.173 e. The summed E-state index contributed by atoms with van der Waals surface area (Å²) in [6.07, 6.45) is 3.38. The first-order chi connectivity index (χ1) is 12.0. The Kier molecular flexibility index (Phi) is 6.78. The van der Waals surface area contributed by atoms with E-state index >= 15 is 0 Å². The number of unbranched alkanes of at least 4 members (excludes halogenated alkanes) is 1. The number of ketones is 1. The van der Waals surface area contributed by atoms with Crippen molar-refractivity contribution in [2.24, 2.45) is 0 Å². The molecule has 0 aliphatic rings. The third-order valence-corrected chi connectivity index (χ3v) is 5.49. The van der Waals surface area contributed by atoms with Gasteiger partial charge in [-0.1, -0.05) is 49.4 Å². The molecule has 1 heterocycles. The summed E-state index contributed by atoms with van der Waals surface area (Å²) in [7, 11) is 0. The monoisotopic (exact) mass is 352 g/mol. The van der Waals surface area contributed by atoms with Gasteiger partial charge in [0, 0.05) is 11.3 Å². The average molecular weight is 353 g/mol. The zero-order chi connectivity index (χ0) is 18.4. The van der Waals surface area contributed by atoms with Crippen LogP contribution in [0.15, 0.2) is 29.3 Å². The molecule has 130 valence electrons. The fourth-order valence-electron chi connectivity index (χ4n) is 2.60. The van der Waals surface area contributed by atoms with Gasteiger partial charge in [0.2, 0.25) is 0 Å². The van der Waals surface area contributed by atoms with E-state index in [1.165, 1.54) is 23.7 Å². The van der Waals surface area contributed by atoms with Crippen LogP contribution in [0.3, 0.4) is 0 Å². The van der Waals surface area contributed by atoms with Crippen LogP contribution in [0.4, 0.5) is 0 Å². The highest BCUT2D eigenvalue weighted by Crippen LogP contribution is 2.27. The molecular formula is C21H24N2OS. The van der Waals surface area contributed by atoms with E-state index in [0.29, 0.717) is 16.2 Å². The number of benzene rings is 1. The van der Waals surface area contributed by atoms with Crippen molar-refractivity contribution in [1.29, 1.82) is 5.26 Å². The van der Waals surface area contributed by atoms with Gasteiger partial charge >= 0.3 is 0 Å². The lowest BCUT2D eigenvalue weighted by Gasteiger charge is -2.11. The van der Waals surface area contributed by atoms with Gasteiger partial charge in [-0.15, -0.1) is 0 Å². The van der Waals surface area contributed by atoms with Gasteiger partial charge in [0.25, 0.3) is 0 Å². The van der Waals surface area contributed by atoms with Gasteiger partial charge in [-0.3, -0.25) is 4.79 Å². The van der Waals surface area contributed by atoms with Crippen LogP contribution in [0.25, 0.3) is 0 Å². The van der Waals surface area contributed by atoms with Crippen molar-refractivity contribution in [2.75, 3.05) is 5.75 Å². The number of carbonyl (C=O) groups is 1. The largest absolute Gasteiger partial charge is 0.293 e. The summed E-state index contributed by atoms with van der Waals surface area (Å²) in [5.41, 5.74) is 5.46. The Morgan fingerprint density at radius 3 is 2.44 bits per heavy atom. The molecule has 0 radical (unpaired) electrons. The average Bonchev–Trinajstić information content (AvgIpc) is 2.63. The van der Waals surface area contributed by atoms with Crippen molar-refractivity contribution in [3.63, 3.8) is 0 Å². The zero-order valence-electron chi connectivity index (χ0n) is 15.3. The van der Waals surface area contributed by atoms with Crippen molar-refractivity contribution in [1.82, 2.24) is 4.98 Å². The second-order valence-corrected chi connectivity index (χ2v) is 7.22. The topological polar surface area (TPSA) is 53.8 Å². The molecule has 3 nitrogen and oxygen atoms in total. The summed E-state index contributed by atoms with van der Waals surface area (Å²) in [4.78, 5) is 17.0. The van der Waals surface area contributed by atoms with Crippen LogP contribution in [0.2, 0.25) is 0 Å². The highest BCUT2D eigenvalue weighted by Gasteiger charge is 2.15. The minimum absolute atomic E-state index is 0.0635. The number of nitriles is 1. The summed E-state index contributed by atoms with van der Waals surface area (Å²) in [5, 5.41) is 10.1. The lowest BCUT2D eigenvalue weighted by Crippen LogP contribution is -2.05. The smallest absolute Gasteiger partial charge is 0.173 e. The molecule has 4 heteroatoms. The van der Waals surface area contributed by atoms with Crippen LogP contribution in [0.5, 0.6) is 0 Å². The maximum absolute atomic E-state index is 12.4. The van der Waals surface area contributed by atoms with Crippen LogP contribution in [0.1, 0.15) is 58.1 Å². The molecule has 0 N–H and O–H groups in total. The Hall–Kier alpha value is -2.12. The second kappa shape index (κ2) is 8.82. The predicted octanol–water partition coefficient (Wildman–Crippen LogP) is 5.20. The van der Waals surface area contributed by atoms with Crippen LogP contribution >= 0.6 is 11.8 Å². The van der Waals surface area contributed by atoms with E-state index in [4.69, 9.17) is 0 Å². The lowest BCUT2D eigenvalue weighted by molar-refractivity contribution is 0.102. The Morgan fingerprint density at radius 2 is 1.84 bits per heavy atom. The molecule has 0 unspecified atom stereocenters. The summed E-state index contributed by atoms with van der Waals surface area (Å²) in [6.45, 7) is 8.01. The molecular weight excluding hydrogens is 328 g/mol. The summed E-state index contributed by atoms with van der Waals surface area (Å²) < 4.78 is 0. The Balaban J connectivity index is 2.09. The molecule has 0 aliphatic carbocycles. The molecule has 2 rings (SSSR count). The molecule has 25 heavy (non-hydrogen) atoms. The van der Waals surface area contributed by atoms with E-state index in [1.54, 1.807) is 0 Å². The van der Waals surface area contributed by atoms with Crippen LogP contribution in [-0.4, -0.2) is 16.5 Å². The quantitative estimate of drug-likeness (QED) is 0.508. The van der Waals surface area contributed by atoms with Crippen LogP contribution in [-0.2, 0) is 6.42 Å². The SMILES string of the molecule is CCCCc1ccc(C(=O)CSc2nc(C)c(C)c(C)c2C#N)cc1. The van der Waals surface area contributed by atoms with Crippen molar-refractivity contribution >= 4 is 17.5 Å². The van der Waals surface area contributed by atoms with Gasteiger partial charge in [-0.25, -0.2) is 4.98 Å². The summed E-state index contributed by atoms with van der Waals surface area (Å²) in [5.74, 6) is 0.353. The molecule has 0 saturated carbocycles. The summed E-state index contributed by atoms with van der Waals surface area (Å²) >= 11 is 1.35. The van der Waals surface area contributed by atoms with Crippen molar-refractivity contribution in [3.05, 3.63) is 57.8 Å². The highest BCUT2D eigenvalue weighted by atomic mass is 32.2. The Labute approximate surface area is 154 Å². The Morgan fingerprint density at radius 1 is 1.16 bits per heavy atom. The molecule has 0 saturated heterocycles. The standard InChI is InChI=1S/C21H24N2OS/c1-5-6-7-17-8-10-18(11-9-17)20(24)13-25-21-19(12-22)15(3)14(2)16(4)23-21/h8-11H,5-7,13H2,1-4H3. The van der Waals surface area contributed by atoms with Crippen LogP contribution < -0.4 is 0 Å². The van der Waals surface area contributed by atoms with Crippen molar-refractivity contribution in [2.45, 2.75) is 52.0 Å². The number of hydrogen-bond donors (Lipinski definition) is 0. The molecule has 0 bridgehead atoms. The molecule has 0 atom stereocenters. The third-order valence-electron chi connectivity index (χ3n) is 4.51. The molecule has 0 aliphatic heterocycles. The minimum Gasteiger partial charge on any atom is -0.293 e. The Bertz CT molecular complexity index is 804. The number of nitrogens with zero attached hydrogens (tertiary/aromatic N) is 2. The maximum atomic E-state index is 12.4. The predicted molar refractivity (Wildman–Crippen MR) is 103 cm³/mol. The van der Waals surface area contributed by atoms with E-state index in [0.717, 1.165) is 29.7 Å². The first kappa shape index (κ1) is 19.2. The number of thioether (sulfide) groups is 1. The molecule has 1 aromatic heterocycles. The van der Waals surface area contributed by atoms with E-state index in [1.807, 2.05) is 45.0 Å². The molecule has 0 spiro atoms. The molecule has 0 fully saturated rings.